The van der Waals surface area contributed by atoms with Crippen LogP contribution in [0.4, 0.5) is 5.69 Å². The van der Waals surface area contributed by atoms with Crippen LogP contribution in [0.25, 0.3) is 16.7 Å². The summed E-state index contributed by atoms with van der Waals surface area (Å²) in [5.74, 6) is 0.957. The van der Waals surface area contributed by atoms with E-state index in [9.17, 15) is 0 Å². The van der Waals surface area contributed by atoms with E-state index < -0.39 is 0 Å². The smallest absolute Gasteiger partial charge is 0.111 e. The first-order valence-electron chi connectivity index (χ1n) is 6.07. The van der Waals surface area contributed by atoms with Gasteiger partial charge in [-0.15, -0.1) is 0 Å². The molecule has 0 atom stereocenters. The van der Waals surface area contributed by atoms with E-state index >= 15 is 0 Å². The molecule has 3 nitrogen and oxygen atoms in total. The third-order valence-corrected chi connectivity index (χ3v) is 3.59. The molecular formula is C15H14BrN3. The first-order chi connectivity index (χ1) is 9.04. The van der Waals surface area contributed by atoms with Gasteiger partial charge in [-0.1, -0.05) is 15.9 Å². The lowest BCUT2D eigenvalue weighted by molar-refractivity contribution is 0.997. The molecule has 96 valence electrons. The van der Waals surface area contributed by atoms with E-state index in [1.54, 1.807) is 0 Å². The average molecular weight is 316 g/mol. The Hall–Kier alpha value is -1.81. The third-order valence-electron chi connectivity index (χ3n) is 3.13. The lowest BCUT2D eigenvalue weighted by atomic mass is 10.2. The number of rotatable bonds is 1. The summed E-state index contributed by atoms with van der Waals surface area (Å²) in [4.78, 5) is 4.58. The van der Waals surface area contributed by atoms with E-state index in [-0.39, 0.29) is 0 Å². The molecule has 0 radical (unpaired) electrons. The molecule has 0 unspecified atom stereocenters. The van der Waals surface area contributed by atoms with E-state index in [1.165, 1.54) is 5.56 Å². The molecule has 2 N–H and O–H groups in total. The molecule has 0 saturated carbocycles. The summed E-state index contributed by atoms with van der Waals surface area (Å²) < 4.78 is 3.21. The Morgan fingerprint density at radius 2 is 1.89 bits per heavy atom. The number of imidazole rings is 1. The zero-order valence-electron chi connectivity index (χ0n) is 10.8. The predicted octanol–water partition coefficient (Wildman–Crippen LogP) is 3.99. The van der Waals surface area contributed by atoms with E-state index in [1.807, 2.05) is 25.1 Å². The van der Waals surface area contributed by atoms with Gasteiger partial charge in [0.1, 0.15) is 5.82 Å². The van der Waals surface area contributed by atoms with E-state index in [2.05, 4.69) is 50.6 Å². The summed E-state index contributed by atoms with van der Waals surface area (Å²) in [7, 11) is 0. The Balaban J connectivity index is 2.32. The second-order valence-electron chi connectivity index (χ2n) is 4.73. The van der Waals surface area contributed by atoms with Crippen LogP contribution in [0.2, 0.25) is 0 Å². The molecule has 0 spiro atoms. The zero-order valence-corrected chi connectivity index (χ0v) is 12.4. The van der Waals surface area contributed by atoms with Crippen LogP contribution in [0, 0.1) is 13.8 Å². The summed E-state index contributed by atoms with van der Waals surface area (Å²) in [6.45, 7) is 4.09. The highest BCUT2D eigenvalue weighted by atomic mass is 79.9. The van der Waals surface area contributed by atoms with Crippen LogP contribution in [0.5, 0.6) is 0 Å². The summed E-state index contributed by atoms with van der Waals surface area (Å²) >= 11 is 3.55. The first kappa shape index (κ1) is 12.2. The highest BCUT2D eigenvalue weighted by molar-refractivity contribution is 9.10. The van der Waals surface area contributed by atoms with Crippen LogP contribution in [0.3, 0.4) is 0 Å². The summed E-state index contributed by atoms with van der Waals surface area (Å²) in [5, 5.41) is 0. The van der Waals surface area contributed by atoms with Gasteiger partial charge in [0.2, 0.25) is 0 Å². The minimum atomic E-state index is 0.738. The third kappa shape index (κ3) is 2.12. The van der Waals surface area contributed by atoms with E-state index in [0.717, 1.165) is 32.7 Å². The van der Waals surface area contributed by atoms with Crippen molar-refractivity contribution < 1.29 is 0 Å². The maximum atomic E-state index is 5.81. The number of anilines is 1. The maximum absolute atomic E-state index is 5.81. The highest BCUT2D eigenvalue weighted by Gasteiger charge is 2.10. The number of aryl methyl sites for hydroxylation is 2. The normalized spacial score (nSPS) is 11.1. The van der Waals surface area contributed by atoms with Crippen LogP contribution >= 0.6 is 15.9 Å². The molecular weight excluding hydrogens is 302 g/mol. The number of fused-ring (bicyclic) bond motifs is 1. The summed E-state index contributed by atoms with van der Waals surface area (Å²) in [6.07, 6.45) is 0. The second kappa shape index (κ2) is 4.38. The van der Waals surface area contributed by atoms with Gasteiger partial charge in [-0.05, 0) is 55.8 Å². The fourth-order valence-corrected chi connectivity index (χ4v) is 2.99. The van der Waals surface area contributed by atoms with Gasteiger partial charge in [-0.3, -0.25) is 4.57 Å². The Kier molecular flexibility index (Phi) is 2.82. The minimum Gasteiger partial charge on any atom is -0.399 e. The molecule has 0 amide bonds. The Bertz CT molecular complexity index is 754. The monoisotopic (exact) mass is 315 g/mol. The number of halogens is 1. The van der Waals surface area contributed by atoms with E-state index in [0.29, 0.717) is 0 Å². The van der Waals surface area contributed by atoms with Gasteiger partial charge < -0.3 is 5.73 Å². The van der Waals surface area contributed by atoms with Crippen molar-refractivity contribution in [2.24, 2.45) is 0 Å². The van der Waals surface area contributed by atoms with Crippen molar-refractivity contribution in [2.75, 3.05) is 5.73 Å². The van der Waals surface area contributed by atoms with Gasteiger partial charge in [0.15, 0.2) is 0 Å². The fourth-order valence-electron chi connectivity index (χ4n) is 2.39. The number of nitrogen functional groups attached to an aromatic ring is 1. The molecule has 3 rings (SSSR count). The molecule has 1 heterocycles. The Morgan fingerprint density at radius 3 is 2.63 bits per heavy atom. The molecule has 1 aromatic heterocycles. The average Bonchev–Trinajstić information content (AvgIpc) is 2.62. The number of benzene rings is 2. The second-order valence-corrected chi connectivity index (χ2v) is 5.65. The molecule has 0 fully saturated rings. The molecule has 4 heteroatoms. The van der Waals surface area contributed by atoms with Gasteiger partial charge in [0.05, 0.1) is 11.0 Å². The van der Waals surface area contributed by atoms with Crippen LogP contribution in [-0.4, -0.2) is 9.55 Å². The van der Waals surface area contributed by atoms with Crippen LogP contribution in [0.15, 0.2) is 40.9 Å². The Labute approximate surface area is 120 Å². The number of hydrogen-bond acceptors (Lipinski definition) is 2. The molecule has 3 aromatic rings. The van der Waals surface area contributed by atoms with Crippen molar-refractivity contribution in [1.82, 2.24) is 9.55 Å². The van der Waals surface area contributed by atoms with Crippen LogP contribution < -0.4 is 5.73 Å². The minimum absolute atomic E-state index is 0.738. The molecule has 2 aromatic carbocycles. The summed E-state index contributed by atoms with van der Waals surface area (Å²) in [6, 6.07) is 12.2. The zero-order chi connectivity index (χ0) is 13.6. The van der Waals surface area contributed by atoms with Crippen molar-refractivity contribution in [3.63, 3.8) is 0 Å². The quantitative estimate of drug-likeness (QED) is 0.690. The van der Waals surface area contributed by atoms with Crippen molar-refractivity contribution in [3.8, 4) is 5.69 Å². The lowest BCUT2D eigenvalue weighted by Crippen LogP contribution is -1.97. The summed E-state index contributed by atoms with van der Waals surface area (Å²) in [5.41, 5.74) is 10.9. The van der Waals surface area contributed by atoms with Crippen molar-refractivity contribution >= 4 is 32.7 Å². The predicted molar refractivity (Wildman–Crippen MR) is 82.7 cm³/mol. The largest absolute Gasteiger partial charge is 0.399 e. The maximum Gasteiger partial charge on any atom is 0.111 e. The molecule has 0 aliphatic heterocycles. The molecule has 0 aliphatic rings. The molecule has 0 aliphatic carbocycles. The number of hydrogen-bond donors (Lipinski definition) is 1. The van der Waals surface area contributed by atoms with Gasteiger partial charge >= 0.3 is 0 Å². The molecule has 0 saturated heterocycles. The molecule has 0 bridgehead atoms. The first-order valence-corrected chi connectivity index (χ1v) is 6.86. The highest BCUT2D eigenvalue weighted by Crippen LogP contribution is 2.25. The Morgan fingerprint density at radius 1 is 1.11 bits per heavy atom. The topological polar surface area (TPSA) is 43.8 Å². The molecule has 19 heavy (non-hydrogen) atoms. The lowest BCUT2D eigenvalue weighted by Gasteiger charge is -2.09. The van der Waals surface area contributed by atoms with Gasteiger partial charge in [0, 0.05) is 15.8 Å². The van der Waals surface area contributed by atoms with Crippen molar-refractivity contribution in [1.29, 1.82) is 0 Å². The van der Waals surface area contributed by atoms with Crippen molar-refractivity contribution in [3.05, 3.63) is 52.3 Å². The van der Waals surface area contributed by atoms with Crippen LogP contribution in [0.1, 0.15) is 11.4 Å². The van der Waals surface area contributed by atoms with Gasteiger partial charge in [-0.2, -0.15) is 0 Å². The van der Waals surface area contributed by atoms with Gasteiger partial charge in [-0.25, -0.2) is 4.98 Å². The van der Waals surface area contributed by atoms with Crippen molar-refractivity contribution in [2.45, 2.75) is 13.8 Å². The number of aromatic nitrogens is 2. The van der Waals surface area contributed by atoms with E-state index in [4.69, 9.17) is 5.73 Å². The SMILES string of the molecule is Cc1cc(Br)cc(-n2c(C)nc3cc(N)ccc32)c1. The number of nitrogens with two attached hydrogens (primary N) is 1. The fraction of sp³-hybridized carbons (Fsp3) is 0.133. The standard InChI is InChI=1S/C15H14BrN3/c1-9-5-11(16)7-13(6-9)19-10(2)18-14-8-12(17)3-4-15(14)19/h3-8H,17H2,1-2H3. The number of nitrogens with zero attached hydrogens (tertiary/aromatic N) is 2. The van der Waals surface area contributed by atoms with Gasteiger partial charge in [0.25, 0.3) is 0 Å². The van der Waals surface area contributed by atoms with Crippen LogP contribution in [-0.2, 0) is 0 Å².